The summed E-state index contributed by atoms with van der Waals surface area (Å²) in [6.45, 7) is 2.20. The van der Waals surface area contributed by atoms with Crippen LogP contribution in [0.2, 0.25) is 5.02 Å². The monoisotopic (exact) mass is 341 g/mol. The SMILES string of the molecule is N#CN1CCC2(CC1)CN(c1ccccc1F)c1cc(Cl)ccc12. The van der Waals surface area contributed by atoms with E-state index in [2.05, 4.69) is 12.3 Å². The Kier molecular flexibility index (Phi) is 3.62. The molecule has 3 nitrogen and oxygen atoms in total. The van der Waals surface area contributed by atoms with E-state index in [1.54, 1.807) is 11.0 Å². The highest BCUT2D eigenvalue weighted by Crippen LogP contribution is 2.50. The Morgan fingerprint density at radius 3 is 2.54 bits per heavy atom. The maximum absolute atomic E-state index is 14.4. The summed E-state index contributed by atoms with van der Waals surface area (Å²) in [7, 11) is 0. The lowest BCUT2D eigenvalue weighted by Crippen LogP contribution is -2.43. The van der Waals surface area contributed by atoms with Gasteiger partial charge in [0.2, 0.25) is 0 Å². The number of rotatable bonds is 1. The van der Waals surface area contributed by atoms with Gasteiger partial charge in [0.15, 0.2) is 6.19 Å². The highest BCUT2D eigenvalue weighted by Gasteiger charge is 2.45. The molecule has 122 valence electrons. The molecule has 1 fully saturated rings. The minimum Gasteiger partial charge on any atom is -0.338 e. The Labute approximate surface area is 145 Å². The van der Waals surface area contributed by atoms with Crippen LogP contribution in [0.4, 0.5) is 15.8 Å². The van der Waals surface area contributed by atoms with E-state index >= 15 is 0 Å². The molecule has 0 N–H and O–H groups in total. The summed E-state index contributed by atoms with van der Waals surface area (Å²) in [6.07, 6.45) is 4.01. The predicted octanol–water partition coefficient (Wildman–Crippen LogP) is 4.45. The lowest BCUT2D eigenvalue weighted by Gasteiger charge is -2.37. The summed E-state index contributed by atoms with van der Waals surface area (Å²) in [5.41, 5.74) is 2.74. The first-order valence-corrected chi connectivity index (χ1v) is 8.48. The van der Waals surface area contributed by atoms with Crippen LogP contribution in [0, 0.1) is 17.3 Å². The van der Waals surface area contributed by atoms with Gasteiger partial charge in [0.25, 0.3) is 0 Å². The quantitative estimate of drug-likeness (QED) is 0.718. The van der Waals surface area contributed by atoms with Crippen molar-refractivity contribution >= 4 is 23.0 Å². The summed E-state index contributed by atoms with van der Waals surface area (Å²) in [5.74, 6) is -0.227. The molecule has 2 aromatic rings. The minimum atomic E-state index is -0.227. The summed E-state index contributed by atoms with van der Waals surface area (Å²) in [6, 6.07) is 12.8. The van der Waals surface area contributed by atoms with Gasteiger partial charge in [0, 0.05) is 35.8 Å². The van der Waals surface area contributed by atoms with Crippen molar-refractivity contribution in [3.63, 3.8) is 0 Å². The van der Waals surface area contributed by atoms with Crippen molar-refractivity contribution in [3.8, 4) is 6.19 Å². The molecule has 5 heteroatoms. The van der Waals surface area contributed by atoms with E-state index < -0.39 is 0 Å². The van der Waals surface area contributed by atoms with Crippen molar-refractivity contribution in [2.45, 2.75) is 18.3 Å². The number of likely N-dealkylation sites (tertiary alicyclic amines) is 1. The average Bonchev–Trinajstić information content (AvgIpc) is 2.89. The van der Waals surface area contributed by atoms with Gasteiger partial charge in [-0.3, -0.25) is 0 Å². The number of benzene rings is 2. The van der Waals surface area contributed by atoms with Gasteiger partial charge >= 0.3 is 0 Å². The van der Waals surface area contributed by atoms with E-state index in [9.17, 15) is 4.39 Å². The zero-order chi connectivity index (χ0) is 16.7. The molecule has 2 aliphatic rings. The van der Waals surface area contributed by atoms with Gasteiger partial charge in [0.05, 0.1) is 5.69 Å². The lowest BCUT2D eigenvalue weighted by atomic mass is 9.74. The smallest absolute Gasteiger partial charge is 0.179 e. The van der Waals surface area contributed by atoms with E-state index in [0.717, 1.165) is 38.2 Å². The minimum absolute atomic E-state index is 0.0461. The molecule has 2 aromatic carbocycles. The molecule has 1 saturated heterocycles. The molecular weight excluding hydrogens is 325 g/mol. The van der Waals surface area contributed by atoms with Crippen LogP contribution < -0.4 is 4.90 Å². The fraction of sp³-hybridized carbons (Fsp3) is 0.316. The number of hydrogen-bond acceptors (Lipinski definition) is 3. The van der Waals surface area contributed by atoms with E-state index in [4.69, 9.17) is 16.9 Å². The molecule has 1 spiro atoms. The molecular formula is C19H17ClFN3. The molecule has 0 atom stereocenters. The zero-order valence-electron chi connectivity index (χ0n) is 13.2. The van der Waals surface area contributed by atoms with Crippen molar-refractivity contribution in [2.24, 2.45) is 0 Å². The third-order valence-corrected chi connectivity index (χ3v) is 5.52. The Hall–Kier alpha value is -2.25. The van der Waals surface area contributed by atoms with Crippen molar-refractivity contribution in [1.82, 2.24) is 4.90 Å². The average molecular weight is 342 g/mol. The molecule has 0 bridgehead atoms. The first-order valence-electron chi connectivity index (χ1n) is 8.10. The molecule has 2 heterocycles. The number of anilines is 2. The van der Waals surface area contributed by atoms with Gasteiger partial charge in [-0.15, -0.1) is 0 Å². The number of hydrogen-bond donors (Lipinski definition) is 0. The second kappa shape index (κ2) is 5.68. The van der Waals surface area contributed by atoms with Gasteiger partial charge in [-0.25, -0.2) is 4.39 Å². The zero-order valence-corrected chi connectivity index (χ0v) is 13.9. The van der Waals surface area contributed by atoms with Crippen molar-refractivity contribution in [3.05, 3.63) is 58.9 Å². The maximum Gasteiger partial charge on any atom is 0.179 e. The van der Waals surface area contributed by atoms with E-state index in [1.165, 1.54) is 11.6 Å². The fourth-order valence-electron chi connectivity index (χ4n) is 4.00. The first kappa shape index (κ1) is 15.3. The summed E-state index contributed by atoms with van der Waals surface area (Å²) in [4.78, 5) is 3.84. The molecule has 0 amide bonds. The third kappa shape index (κ3) is 2.32. The van der Waals surface area contributed by atoms with Gasteiger partial charge < -0.3 is 9.80 Å². The van der Waals surface area contributed by atoms with Gasteiger partial charge in [-0.05, 0) is 42.7 Å². The van der Waals surface area contributed by atoms with Crippen molar-refractivity contribution < 1.29 is 4.39 Å². The lowest BCUT2D eigenvalue weighted by molar-refractivity contribution is 0.226. The molecule has 2 aliphatic heterocycles. The number of para-hydroxylation sites is 1. The van der Waals surface area contributed by atoms with Crippen LogP contribution in [-0.2, 0) is 5.41 Å². The second-order valence-corrected chi connectivity index (χ2v) is 7.00. The molecule has 0 saturated carbocycles. The van der Waals surface area contributed by atoms with E-state index in [-0.39, 0.29) is 11.2 Å². The molecule has 0 aliphatic carbocycles. The molecule has 0 radical (unpaired) electrons. The highest BCUT2D eigenvalue weighted by molar-refractivity contribution is 6.31. The summed E-state index contributed by atoms with van der Waals surface area (Å²) < 4.78 is 14.4. The van der Waals surface area contributed by atoms with Crippen molar-refractivity contribution in [1.29, 1.82) is 5.26 Å². The van der Waals surface area contributed by atoms with Crippen LogP contribution in [-0.4, -0.2) is 24.5 Å². The number of nitrogens with zero attached hydrogens (tertiary/aromatic N) is 3. The van der Waals surface area contributed by atoms with Crippen LogP contribution >= 0.6 is 11.6 Å². The van der Waals surface area contributed by atoms with E-state index in [1.807, 2.05) is 29.2 Å². The fourth-order valence-corrected chi connectivity index (χ4v) is 4.16. The maximum atomic E-state index is 14.4. The van der Waals surface area contributed by atoms with Crippen LogP contribution in [0.25, 0.3) is 0 Å². The number of halogens is 2. The predicted molar refractivity (Wildman–Crippen MR) is 93.0 cm³/mol. The van der Waals surface area contributed by atoms with Crippen LogP contribution in [0.5, 0.6) is 0 Å². The van der Waals surface area contributed by atoms with Gasteiger partial charge in [-0.2, -0.15) is 5.26 Å². The van der Waals surface area contributed by atoms with Crippen LogP contribution in [0.15, 0.2) is 42.5 Å². The highest BCUT2D eigenvalue weighted by atomic mass is 35.5. The molecule has 0 aromatic heterocycles. The Bertz CT molecular complexity index is 822. The standard InChI is InChI=1S/C19H17ClFN3/c20-14-5-6-15-18(11-14)24(17-4-2-1-3-16(17)21)12-19(15)7-9-23(13-22)10-8-19/h1-6,11H,7-10,12H2. The summed E-state index contributed by atoms with van der Waals surface area (Å²) >= 11 is 6.22. The largest absolute Gasteiger partial charge is 0.338 e. The first-order chi connectivity index (χ1) is 11.6. The Morgan fingerprint density at radius 2 is 1.83 bits per heavy atom. The third-order valence-electron chi connectivity index (χ3n) is 5.29. The molecule has 4 rings (SSSR count). The Balaban J connectivity index is 1.79. The van der Waals surface area contributed by atoms with Gasteiger partial charge in [0.1, 0.15) is 5.82 Å². The Morgan fingerprint density at radius 1 is 1.08 bits per heavy atom. The van der Waals surface area contributed by atoms with Crippen LogP contribution in [0.3, 0.4) is 0 Å². The van der Waals surface area contributed by atoms with Crippen molar-refractivity contribution in [2.75, 3.05) is 24.5 Å². The topological polar surface area (TPSA) is 30.3 Å². The summed E-state index contributed by atoms with van der Waals surface area (Å²) in [5, 5.41) is 9.77. The number of nitriles is 1. The number of piperidine rings is 1. The normalized spacial score (nSPS) is 18.5. The second-order valence-electron chi connectivity index (χ2n) is 6.57. The molecule has 24 heavy (non-hydrogen) atoms. The van der Waals surface area contributed by atoms with Gasteiger partial charge in [-0.1, -0.05) is 29.8 Å². The van der Waals surface area contributed by atoms with Crippen LogP contribution in [0.1, 0.15) is 18.4 Å². The molecule has 0 unspecified atom stereocenters. The number of fused-ring (bicyclic) bond motifs is 2. The van der Waals surface area contributed by atoms with E-state index in [0.29, 0.717) is 10.7 Å².